The summed E-state index contributed by atoms with van der Waals surface area (Å²) in [5.74, 6) is -1.41. The van der Waals surface area contributed by atoms with E-state index in [4.69, 9.17) is 0 Å². The molecule has 1 atom stereocenters. The number of rotatable bonds is 7. The Morgan fingerprint density at radius 2 is 1.88 bits per heavy atom. The first kappa shape index (κ1) is 22.5. The maximum atomic E-state index is 15.0. The Balaban J connectivity index is 1.62. The van der Waals surface area contributed by atoms with Crippen molar-refractivity contribution in [1.82, 2.24) is 10.3 Å². The molecule has 0 saturated heterocycles. The average molecular weight is 447 g/mol. The van der Waals surface area contributed by atoms with Crippen molar-refractivity contribution in [3.63, 3.8) is 0 Å². The van der Waals surface area contributed by atoms with Gasteiger partial charge >= 0.3 is 0 Å². The molecule has 4 rings (SSSR count). The molecule has 0 saturated carbocycles. The highest BCUT2D eigenvalue weighted by Gasteiger charge is 2.26. The molecule has 2 N–H and O–H groups in total. The summed E-state index contributed by atoms with van der Waals surface area (Å²) < 4.78 is 28.3. The van der Waals surface area contributed by atoms with Crippen molar-refractivity contribution in [2.24, 2.45) is 4.99 Å². The predicted molar refractivity (Wildman–Crippen MR) is 123 cm³/mol. The number of aliphatic hydroxyl groups is 1. The topological polar surface area (TPSA) is 74.6 Å². The van der Waals surface area contributed by atoms with Crippen LogP contribution < -0.4 is 5.32 Å². The summed E-state index contributed by atoms with van der Waals surface area (Å²) in [6, 6.07) is 15.2. The number of hydrogen-bond donors (Lipinski definition) is 2. The Bertz CT molecular complexity index is 1220. The van der Waals surface area contributed by atoms with Gasteiger partial charge in [0.25, 0.3) is 5.91 Å². The second-order valence-corrected chi connectivity index (χ2v) is 7.82. The zero-order valence-corrected chi connectivity index (χ0v) is 18.1. The number of nitrogens with zero attached hydrogens (tertiary/aromatic N) is 2. The van der Waals surface area contributed by atoms with Gasteiger partial charge in [-0.3, -0.25) is 14.8 Å². The lowest BCUT2D eigenvalue weighted by Crippen LogP contribution is -2.40. The van der Waals surface area contributed by atoms with Gasteiger partial charge in [0.15, 0.2) is 0 Å². The van der Waals surface area contributed by atoms with Gasteiger partial charge in [0.1, 0.15) is 11.6 Å². The minimum atomic E-state index is -0.583. The second-order valence-electron chi connectivity index (χ2n) is 7.82. The van der Waals surface area contributed by atoms with Crippen LogP contribution in [0.5, 0.6) is 0 Å². The summed E-state index contributed by atoms with van der Waals surface area (Å²) in [7, 11) is 0. The zero-order chi connectivity index (χ0) is 23.4. The Morgan fingerprint density at radius 3 is 2.58 bits per heavy atom. The van der Waals surface area contributed by atoms with E-state index in [9.17, 15) is 18.7 Å². The van der Waals surface area contributed by atoms with Crippen LogP contribution in [0.1, 0.15) is 34.1 Å². The van der Waals surface area contributed by atoms with Crippen LogP contribution in [0.15, 0.2) is 77.4 Å². The summed E-state index contributed by atoms with van der Waals surface area (Å²) in [5.41, 5.74) is 3.73. The molecule has 0 unspecified atom stereocenters. The van der Waals surface area contributed by atoms with E-state index < -0.39 is 17.8 Å². The van der Waals surface area contributed by atoms with Gasteiger partial charge in [-0.2, -0.15) is 0 Å². The number of nitrogens with one attached hydrogen (secondary N) is 1. The first-order valence-corrected chi connectivity index (χ1v) is 10.6. The average Bonchev–Trinajstić information content (AvgIpc) is 3.20. The summed E-state index contributed by atoms with van der Waals surface area (Å²) >= 11 is 0. The molecular weight excluding hydrogens is 424 g/mol. The van der Waals surface area contributed by atoms with Crippen molar-refractivity contribution in [3.05, 3.63) is 106 Å². The van der Waals surface area contributed by atoms with Crippen molar-refractivity contribution in [2.45, 2.75) is 19.4 Å². The molecule has 1 aliphatic heterocycles. The molecule has 2 aromatic carbocycles. The highest BCUT2D eigenvalue weighted by atomic mass is 19.1. The molecule has 3 aromatic rings. The molecular formula is C26H23F2N3O2. The van der Waals surface area contributed by atoms with E-state index in [1.165, 1.54) is 30.3 Å². The molecule has 5 nitrogen and oxygen atoms in total. The van der Waals surface area contributed by atoms with Crippen LogP contribution in [0.2, 0.25) is 0 Å². The van der Waals surface area contributed by atoms with Crippen molar-refractivity contribution in [2.75, 3.05) is 13.2 Å². The Hall–Kier alpha value is -3.71. The fraction of sp³-hybridized carbons (Fsp3) is 0.192. The molecule has 1 amide bonds. The van der Waals surface area contributed by atoms with Gasteiger partial charge in [-0.25, -0.2) is 8.78 Å². The normalized spacial score (nSPS) is 14.2. The van der Waals surface area contributed by atoms with Crippen molar-refractivity contribution >= 4 is 17.2 Å². The molecule has 168 valence electrons. The number of carbonyl (C=O) groups is 1. The van der Waals surface area contributed by atoms with E-state index in [0.717, 1.165) is 22.4 Å². The number of allylic oxidation sites excluding steroid dienone is 1. The van der Waals surface area contributed by atoms with Crippen LogP contribution in [-0.4, -0.2) is 40.9 Å². The third-order valence-corrected chi connectivity index (χ3v) is 5.63. The number of hydrogen-bond acceptors (Lipinski definition) is 4. The largest absolute Gasteiger partial charge is 0.394 e. The smallest absolute Gasteiger partial charge is 0.252 e. The monoisotopic (exact) mass is 447 g/mol. The second kappa shape index (κ2) is 9.83. The van der Waals surface area contributed by atoms with Crippen LogP contribution >= 0.6 is 0 Å². The lowest BCUT2D eigenvalue weighted by Gasteiger charge is -2.18. The van der Waals surface area contributed by atoms with Crippen molar-refractivity contribution in [3.8, 4) is 0 Å². The van der Waals surface area contributed by atoms with E-state index >= 15 is 0 Å². The van der Waals surface area contributed by atoms with Gasteiger partial charge < -0.3 is 10.4 Å². The van der Waals surface area contributed by atoms with Crippen molar-refractivity contribution in [1.29, 1.82) is 0 Å². The number of amides is 1. The number of benzene rings is 2. The van der Waals surface area contributed by atoms with E-state index in [-0.39, 0.29) is 23.6 Å². The fourth-order valence-corrected chi connectivity index (χ4v) is 3.91. The lowest BCUT2D eigenvalue weighted by molar-refractivity contribution is 0.0915. The number of aromatic nitrogens is 1. The van der Waals surface area contributed by atoms with E-state index in [2.05, 4.69) is 15.3 Å². The number of carbonyl (C=O) groups excluding carboxylic acids is 1. The first-order chi connectivity index (χ1) is 16.0. The molecule has 2 heterocycles. The quantitative estimate of drug-likeness (QED) is 0.576. The van der Waals surface area contributed by atoms with Crippen LogP contribution in [0, 0.1) is 11.6 Å². The number of aliphatic imine (C=N–C) groups is 1. The maximum absolute atomic E-state index is 15.0. The summed E-state index contributed by atoms with van der Waals surface area (Å²) in [4.78, 5) is 21.8. The molecule has 33 heavy (non-hydrogen) atoms. The minimum absolute atomic E-state index is 0.110. The first-order valence-electron chi connectivity index (χ1n) is 10.6. The van der Waals surface area contributed by atoms with E-state index in [1.54, 1.807) is 30.5 Å². The Kier molecular flexibility index (Phi) is 6.70. The summed E-state index contributed by atoms with van der Waals surface area (Å²) in [5, 5.41) is 12.5. The van der Waals surface area contributed by atoms with Crippen LogP contribution in [0.4, 0.5) is 8.78 Å². The van der Waals surface area contributed by atoms with Gasteiger partial charge in [0, 0.05) is 23.9 Å². The molecule has 0 radical (unpaired) electrons. The van der Waals surface area contributed by atoms with Crippen molar-refractivity contribution < 1.29 is 18.7 Å². The van der Waals surface area contributed by atoms with E-state index in [0.29, 0.717) is 18.7 Å². The number of halogens is 2. The molecule has 0 bridgehead atoms. The lowest BCUT2D eigenvalue weighted by atomic mass is 9.93. The van der Waals surface area contributed by atoms with Gasteiger partial charge in [0.05, 0.1) is 30.5 Å². The summed E-state index contributed by atoms with van der Waals surface area (Å²) in [6.45, 7) is 1.83. The highest BCUT2D eigenvalue weighted by Crippen LogP contribution is 2.30. The fourth-order valence-electron chi connectivity index (χ4n) is 3.91. The van der Waals surface area contributed by atoms with Gasteiger partial charge in [-0.15, -0.1) is 0 Å². The third kappa shape index (κ3) is 4.88. The van der Waals surface area contributed by atoms with E-state index in [1.807, 2.05) is 13.0 Å². The molecule has 0 aliphatic carbocycles. The molecule has 7 heteroatoms. The van der Waals surface area contributed by atoms with Gasteiger partial charge in [-0.05, 0) is 60.0 Å². The molecule has 0 spiro atoms. The third-order valence-electron chi connectivity index (χ3n) is 5.63. The zero-order valence-electron chi connectivity index (χ0n) is 18.1. The number of aliphatic hydroxyl groups excluding tert-OH is 1. The Labute approximate surface area is 190 Å². The molecule has 0 fully saturated rings. The molecule has 1 aromatic heterocycles. The van der Waals surface area contributed by atoms with Crippen LogP contribution in [0.25, 0.3) is 5.57 Å². The van der Waals surface area contributed by atoms with Gasteiger partial charge in [0.2, 0.25) is 0 Å². The predicted octanol–water partition coefficient (Wildman–Crippen LogP) is 3.97. The SMILES string of the molecule is CC1=C(c2ccc(F)cc2)CN=C1c1c(F)cccc1C(=O)N[C@@H](CO)Cc1ccccn1. The van der Waals surface area contributed by atoms with Crippen LogP contribution in [-0.2, 0) is 6.42 Å². The highest BCUT2D eigenvalue weighted by molar-refractivity contribution is 6.22. The van der Waals surface area contributed by atoms with Gasteiger partial charge in [-0.1, -0.05) is 24.3 Å². The molecule has 1 aliphatic rings. The standard InChI is InChI=1S/C26H23F2N3O2/c1-16-22(17-8-10-18(27)11-9-17)14-30-25(16)24-21(6-4-7-23(24)28)26(33)31-20(15-32)13-19-5-2-3-12-29-19/h2-12,20,32H,13-15H2,1H3,(H,31,33)/t20-/m1/s1. The van der Waals surface area contributed by atoms with Crippen LogP contribution in [0.3, 0.4) is 0 Å². The Morgan fingerprint density at radius 1 is 1.09 bits per heavy atom. The number of pyridine rings is 1. The maximum Gasteiger partial charge on any atom is 0.252 e. The summed E-state index contributed by atoms with van der Waals surface area (Å²) in [6.07, 6.45) is 1.98. The minimum Gasteiger partial charge on any atom is -0.394 e.